The summed E-state index contributed by atoms with van der Waals surface area (Å²) in [7, 11) is -4.68. The Labute approximate surface area is 511 Å². The molecule has 0 bridgehead atoms. The Morgan fingerprint density at radius 1 is 0.908 bits per heavy atom. The smallest absolute Gasteiger partial charge is 0.293 e. The van der Waals surface area contributed by atoms with Crippen LogP contribution >= 0.6 is 23.4 Å². The van der Waals surface area contributed by atoms with E-state index in [1.807, 2.05) is 18.2 Å². The number of nitro groups is 1. The Balaban J connectivity index is 0.677. The lowest BCUT2D eigenvalue weighted by molar-refractivity contribution is -0.384. The van der Waals surface area contributed by atoms with Crippen LogP contribution in [0.25, 0.3) is 16.6 Å². The molecule has 4 aliphatic heterocycles. The average Bonchev–Trinajstić information content (AvgIpc) is 1.93. The number of nitrogens with one attached hydrogen (secondary N) is 4. The summed E-state index contributed by atoms with van der Waals surface area (Å²) in [4.78, 5) is 105. The summed E-state index contributed by atoms with van der Waals surface area (Å²) < 4.78 is 42.1. The van der Waals surface area contributed by atoms with Crippen molar-refractivity contribution in [2.24, 2.45) is 11.3 Å². The number of rotatable bonds is 20. The number of pyridine rings is 1. The molecule has 0 spiro atoms. The summed E-state index contributed by atoms with van der Waals surface area (Å²) in [5, 5.41) is 19.2. The minimum Gasteiger partial charge on any atom is -0.455 e. The standard InChI is InChI=1S/C62H65ClN10O12S2/c1-62(2)20-16-41(48(33-62)39-6-8-42(63)9-7-39)36-69-24-26-70(27-25-69)43-10-12-46(52(31-43)85-44-30-40-17-21-64-57(40)66-35-44)58(76)68-87(82,83)45-11-13-49(51(32-45)73(80)81)65-34-38-18-22-71(23-19-38)55(75)37-84-28-29-86-53-5-3-4-47-56(53)61(79)72(60(47)78)50-14-15-54(74)67-59(50)77/h3-13,17,21,30-32,35,38,50,65H,14-16,18-20,22-29,33-34,36-37H2,1-2H3,(H,64,66)(H,68,76)(H,67,74,77). The van der Waals surface area contributed by atoms with Gasteiger partial charge in [0.15, 0.2) is 0 Å². The number of carbonyl (C=O) groups is 6. The number of amides is 6. The lowest BCUT2D eigenvalue weighted by Crippen LogP contribution is -2.54. The number of nitro benzene ring substituents is 1. The molecule has 2 aromatic heterocycles. The number of benzene rings is 4. The van der Waals surface area contributed by atoms with E-state index in [2.05, 4.69) is 61.1 Å². The van der Waals surface area contributed by atoms with Crippen LogP contribution in [0.3, 0.4) is 0 Å². The molecular formula is C62H65ClN10O12S2. The number of halogens is 1. The number of hydrogen-bond donors (Lipinski definition) is 4. The molecular weight excluding hydrogens is 1180 g/mol. The topological polar surface area (TPSA) is 276 Å². The molecule has 0 radical (unpaired) electrons. The van der Waals surface area contributed by atoms with Crippen molar-refractivity contribution >= 4 is 102 Å². The van der Waals surface area contributed by atoms with E-state index < -0.39 is 61.1 Å². The Morgan fingerprint density at radius 2 is 1.69 bits per heavy atom. The van der Waals surface area contributed by atoms with Gasteiger partial charge in [0.05, 0.1) is 39.3 Å². The number of imide groups is 2. The average molecular weight is 1240 g/mol. The second-order valence-corrected chi connectivity index (χ2v) is 26.4. The van der Waals surface area contributed by atoms with Crippen LogP contribution in [0.1, 0.15) is 95.4 Å². The molecule has 1 aliphatic carbocycles. The number of nitrogens with zero attached hydrogens (tertiary/aromatic N) is 6. The van der Waals surface area contributed by atoms with Gasteiger partial charge in [0.25, 0.3) is 33.4 Å². The molecule has 4 aromatic carbocycles. The number of aromatic nitrogens is 2. The third-order valence-electron chi connectivity index (χ3n) is 16.7. The van der Waals surface area contributed by atoms with E-state index >= 15 is 0 Å². The zero-order valence-corrected chi connectivity index (χ0v) is 50.4. The quantitative estimate of drug-likeness (QED) is 0.0183. The summed E-state index contributed by atoms with van der Waals surface area (Å²) in [5.41, 5.74) is 5.47. The molecule has 3 fully saturated rings. The van der Waals surface area contributed by atoms with Gasteiger partial charge in [0.1, 0.15) is 35.5 Å². The molecule has 5 aliphatic rings. The van der Waals surface area contributed by atoms with Gasteiger partial charge in [-0.1, -0.05) is 49.2 Å². The molecule has 6 heterocycles. The molecule has 0 saturated carbocycles. The maximum atomic E-state index is 14.2. The van der Waals surface area contributed by atoms with Gasteiger partial charge < -0.3 is 29.6 Å². The molecule has 25 heteroatoms. The van der Waals surface area contributed by atoms with Gasteiger partial charge >= 0.3 is 0 Å². The normalized spacial score (nSPS) is 18.5. The fourth-order valence-corrected chi connectivity index (χ4v) is 14.0. The van der Waals surface area contributed by atoms with Crippen molar-refractivity contribution in [3.05, 3.63) is 146 Å². The minimum atomic E-state index is -4.68. The van der Waals surface area contributed by atoms with E-state index in [1.54, 1.807) is 41.4 Å². The van der Waals surface area contributed by atoms with Crippen LogP contribution < -0.4 is 25.0 Å². The summed E-state index contributed by atoms with van der Waals surface area (Å²) >= 11 is 7.54. The van der Waals surface area contributed by atoms with Crippen LogP contribution in [-0.2, 0) is 29.1 Å². The first-order valence-electron chi connectivity index (χ1n) is 28.9. The fourth-order valence-electron chi connectivity index (χ4n) is 11.9. The number of aromatic amines is 1. The predicted molar refractivity (Wildman–Crippen MR) is 327 cm³/mol. The molecule has 3 saturated heterocycles. The van der Waals surface area contributed by atoms with Crippen molar-refractivity contribution < 1.29 is 51.6 Å². The van der Waals surface area contributed by atoms with E-state index in [0.717, 1.165) is 60.9 Å². The van der Waals surface area contributed by atoms with Gasteiger partial charge in [-0.2, -0.15) is 0 Å². The van der Waals surface area contributed by atoms with Crippen LogP contribution in [0.2, 0.25) is 5.02 Å². The monoisotopic (exact) mass is 1240 g/mol. The number of thioether (sulfide) groups is 1. The number of hydrogen-bond acceptors (Lipinski definition) is 17. The highest BCUT2D eigenvalue weighted by Gasteiger charge is 2.46. The van der Waals surface area contributed by atoms with Crippen molar-refractivity contribution in [2.45, 2.75) is 74.6 Å². The fraction of sp³-hybridized carbons (Fsp3) is 0.371. The van der Waals surface area contributed by atoms with E-state index in [4.69, 9.17) is 21.1 Å². The lowest BCUT2D eigenvalue weighted by atomic mass is 9.72. The highest BCUT2D eigenvalue weighted by molar-refractivity contribution is 7.99. The highest BCUT2D eigenvalue weighted by atomic mass is 35.5. The number of fused-ring (bicyclic) bond motifs is 2. The number of carbonyl (C=O) groups excluding carboxylic acids is 6. The maximum Gasteiger partial charge on any atom is 0.293 e. The van der Waals surface area contributed by atoms with Gasteiger partial charge in [-0.25, -0.2) is 18.1 Å². The summed E-state index contributed by atoms with van der Waals surface area (Å²) in [6.07, 6.45) is 7.57. The molecule has 22 nitrogen and oxygen atoms in total. The van der Waals surface area contributed by atoms with Crippen molar-refractivity contribution in [1.82, 2.24) is 34.7 Å². The first-order valence-corrected chi connectivity index (χ1v) is 31.7. The Morgan fingerprint density at radius 3 is 2.45 bits per heavy atom. The lowest BCUT2D eigenvalue weighted by Gasteiger charge is -2.39. The summed E-state index contributed by atoms with van der Waals surface area (Å²) in [6, 6.07) is 23.9. The number of anilines is 2. The molecule has 11 rings (SSSR count). The molecule has 1 atom stereocenters. The van der Waals surface area contributed by atoms with Crippen LogP contribution in [-0.4, -0.2) is 151 Å². The summed E-state index contributed by atoms with van der Waals surface area (Å²) in [5.74, 6) is -2.81. The molecule has 6 amide bonds. The molecule has 4 N–H and O–H groups in total. The first-order chi connectivity index (χ1) is 41.8. The van der Waals surface area contributed by atoms with Crippen molar-refractivity contribution in [3.8, 4) is 11.5 Å². The second-order valence-electron chi connectivity index (χ2n) is 23.2. The van der Waals surface area contributed by atoms with Crippen LogP contribution in [0.5, 0.6) is 11.5 Å². The number of piperidine rings is 2. The predicted octanol–water partition coefficient (Wildman–Crippen LogP) is 8.68. The maximum absolute atomic E-state index is 14.2. The zero-order valence-electron chi connectivity index (χ0n) is 48.0. The van der Waals surface area contributed by atoms with Gasteiger partial charge in [-0.3, -0.25) is 54.0 Å². The highest BCUT2D eigenvalue weighted by Crippen LogP contribution is 2.44. The van der Waals surface area contributed by atoms with Crippen molar-refractivity contribution in [2.75, 3.05) is 81.5 Å². The van der Waals surface area contributed by atoms with Gasteiger partial charge in [-0.05, 0) is 122 Å². The largest absolute Gasteiger partial charge is 0.455 e. The Bertz CT molecular complexity index is 3860. The molecule has 6 aromatic rings. The van der Waals surface area contributed by atoms with E-state index in [0.29, 0.717) is 72.6 Å². The minimum absolute atomic E-state index is 0.0137. The Hall–Kier alpha value is -8.16. The van der Waals surface area contributed by atoms with E-state index in [1.165, 1.54) is 58.9 Å². The van der Waals surface area contributed by atoms with Crippen LogP contribution in [0.15, 0.2) is 119 Å². The number of sulfonamides is 1. The van der Waals surface area contributed by atoms with Crippen molar-refractivity contribution in [3.63, 3.8) is 0 Å². The van der Waals surface area contributed by atoms with Crippen LogP contribution in [0, 0.1) is 21.4 Å². The summed E-state index contributed by atoms with van der Waals surface area (Å²) in [6.45, 7) is 9.52. The third-order valence-corrected chi connectivity index (χ3v) is 19.3. The number of H-pyrrole nitrogens is 1. The molecule has 1 unspecified atom stereocenters. The Kier molecular flexibility index (Phi) is 17.8. The van der Waals surface area contributed by atoms with Crippen molar-refractivity contribution in [1.29, 1.82) is 0 Å². The van der Waals surface area contributed by atoms with E-state index in [-0.39, 0.29) is 71.4 Å². The number of piperazine rings is 1. The number of likely N-dealkylation sites (tertiary alicyclic amines) is 1. The van der Waals surface area contributed by atoms with Crippen LogP contribution in [0.4, 0.5) is 17.1 Å². The zero-order chi connectivity index (χ0) is 61.1. The number of allylic oxidation sites excluding steroid dienone is 1. The molecule has 87 heavy (non-hydrogen) atoms. The third kappa shape index (κ3) is 13.7. The SMILES string of the molecule is CC1(C)CCC(CN2CCN(c3ccc(C(=O)NS(=O)(=O)c4ccc(NCC5CCN(C(=O)COCCSc6cccc7c6C(=O)N(C6CCC(=O)NC6=O)C7=O)CC5)c([N+](=O)[O-])c4)c(Oc4cnc5[nH]ccc5c4)c3)CC2)=C(c2ccc(Cl)cc2)C1. The number of ether oxygens (including phenoxy) is 2. The first kappa shape index (κ1) is 60.5. The van der Waals surface area contributed by atoms with Gasteiger partial charge in [0.2, 0.25) is 17.7 Å². The van der Waals surface area contributed by atoms with Gasteiger partial charge in [0, 0.05) is 104 Å². The molecule has 454 valence electrons. The van der Waals surface area contributed by atoms with Gasteiger partial charge in [-0.15, -0.1) is 11.8 Å². The van der Waals surface area contributed by atoms with E-state index in [9.17, 15) is 47.3 Å². The second kappa shape index (κ2) is 25.7.